The molecule has 4 nitrogen and oxygen atoms in total. The van der Waals surface area contributed by atoms with Gasteiger partial charge in [0.15, 0.2) is 0 Å². The van der Waals surface area contributed by atoms with Crippen molar-refractivity contribution in [1.29, 1.82) is 0 Å². The predicted molar refractivity (Wildman–Crippen MR) is 59.9 cm³/mol. The maximum absolute atomic E-state index is 11.1. The van der Waals surface area contributed by atoms with Crippen LogP contribution in [0.5, 0.6) is 0 Å². The fourth-order valence-corrected chi connectivity index (χ4v) is 1.74. The van der Waals surface area contributed by atoms with Crippen molar-refractivity contribution in [3.05, 3.63) is 0 Å². The maximum Gasteiger partial charge on any atom is 0.399 e. The van der Waals surface area contributed by atoms with Crippen LogP contribution < -0.4 is 0 Å². The van der Waals surface area contributed by atoms with Crippen LogP contribution in [0.4, 0.5) is 0 Å². The summed E-state index contributed by atoms with van der Waals surface area (Å²) in [5.41, 5.74) is 0. The van der Waals surface area contributed by atoms with Crippen LogP contribution in [-0.4, -0.2) is 21.6 Å². The highest BCUT2D eigenvalue weighted by atomic mass is 32.3. The van der Waals surface area contributed by atoms with Crippen LogP contribution in [-0.2, 0) is 18.8 Å². The third kappa shape index (κ3) is 10.2. The molecule has 92 valence electrons. The van der Waals surface area contributed by atoms with Crippen molar-refractivity contribution in [3.8, 4) is 0 Å². The Labute approximate surface area is 93.3 Å². The second kappa shape index (κ2) is 9.12. The molecule has 0 N–H and O–H groups in total. The summed E-state index contributed by atoms with van der Waals surface area (Å²) >= 11 is 0. The minimum atomic E-state index is -3.74. The van der Waals surface area contributed by atoms with Crippen LogP contribution in [0, 0.1) is 0 Å². The van der Waals surface area contributed by atoms with Crippen LogP contribution in [0.15, 0.2) is 0 Å². The highest BCUT2D eigenvalue weighted by Crippen LogP contribution is 2.03. The van der Waals surface area contributed by atoms with E-state index in [-0.39, 0.29) is 13.2 Å². The van der Waals surface area contributed by atoms with Gasteiger partial charge in [-0.2, -0.15) is 8.42 Å². The molecule has 0 aliphatic heterocycles. The molecule has 0 radical (unpaired) electrons. The van der Waals surface area contributed by atoms with Crippen molar-refractivity contribution < 1.29 is 16.8 Å². The molecule has 0 fully saturated rings. The van der Waals surface area contributed by atoms with E-state index in [0.29, 0.717) is 0 Å². The van der Waals surface area contributed by atoms with Gasteiger partial charge in [-0.15, -0.1) is 0 Å². The fourth-order valence-electron chi connectivity index (χ4n) is 1.03. The molecule has 0 rings (SSSR count). The van der Waals surface area contributed by atoms with E-state index in [4.69, 9.17) is 0 Å². The first kappa shape index (κ1) is 14.9. The molecule has 0 aliphatic carbocycles. The summed E-state index contributed by atoms with van der Waals surface area (Å²) in [5.74, 6) is 0. The van der Waals surface area contributed by atoms with Crippen LogP contribution in [0.2, 0.25) is 0 Å². The number of hydrogen-bond donors (Lipinski definition) is 0. The molecule has 0 bridgehead atoms. The number of rotatable bonds is 10. The quantitative estimate of drug-likeness (QED) is 0.549. The van der Waals surface area contributed by atoms with Gasteiger partial charge in [-0.25, -0.2) is 8.37 Å². The Morgan fingerprint density at radius 1 is 0.800 bits per heavy atom. The Bertz CT molecular complexity index is 224. The topological polar surface area (TPSA) is 52.6 Å². The van der Waals surface area contributed by atoms with Gasteiger partial charge in [0.1, 0.15) is 0 Å². The van der Waals surface area contributed by atoms with Crippen molar-refractivity contribution in [1.82, 2.24) is 0 Å². The molecule has 0 heterocycles. The zero-order valence-corrected chi connectivity index (χ0v) is 10.5. The van der Waals surface area contributed by atoms with E-state index in [1.165, 1.54) is 0 Å². The van der Waals surface area contributed by atoms with E-state index < -0.39 is 10.4 Å². The van der Waals surface area contributed by atoms with E-state index in [0.717, 1.165) is 38.5 Å². The average molecular weight is 238 g/mol. The van der Waals surface area contributed by atoms with Crippen molar-refractivity contribution in [2.45, 2.75) is 52.4 Å². The zero-order chi connectivity index (χ0) is 11.6. The van der Waals surface area contributed by atoms with Crippen molar-refractivity contribution in [2.75, 3.05) is 13.2 Å². The second-order valence-electron chi connectivity index (χ2n) is 3.47. The minimum absolute atomic E-state index is 0.216. The molecule has 0 aliphatic rings. The number of hydrogen-bond acceptors (Lipinski definition) is 4. The van der Waals surface area contributed by atoms with Crippen LogP contribution in [0.1, 0.15) is 52.4 Å². The van der Waals surface area contributed by atoms with Gasteiger partial charge in [0, 0.05) is 0 Å². The second-order valence-corrected chi connectivity index (χ2v) is 4.75. The average Bonchev–Trinajstić information content (AvgIpc) is 2.17. The van der Waals surface area contributed by atoms with Crippen LogP contribution in [0.3, 0.4) is 0 Å². The molecule has 15 heavy (non-hydrogen) atoms. The van der Waals surface area contributed by atoms with Gasteiger partial charge >= 0.3 is 10.4 Å². The summed E-state index contributed by atoms with van der Waals surface area (Å²) < 4.78 is 31.5. The molecule has 0 saturated heterocycles. The molecule has 0 unspecified atom stereocenters. The lowest BCUT2D eigenvalue weighted by molar-refractivity contribution is 0.209. The molecule has 0 atom stereocenters. The normalized spacial score (nSPS) is 11.9. The first-order valence-electron chi connectivity index (χ1n) is 5.66. The summed E-state index contributed by atoms with van der Waals surface area (Å²) in [6.07, 6.45) is 5.65. The monoisotopic (exact) mass is 238 g/mol. The standard InChI is InChI=1S/C10H22O4S/c1-3-5-7-8-10-14-15(11,12)13-9-6-4-2/h3-10H2,1-2H3. The summed E-state index contributed by atoms with van der Waals surface area (Å²) in [7, 11) is -3.74. The van der Waals surface area contributed by atoms with Crippen molar-refractivity contribution >= 4 is 10.4 Å². The van der Waals surface area contributed by atoms with Gasteiger partial charge < -0.3 is 0 Å². The summed E-state index contributed by atoms with van der Waals surface area (Å²) in [5, 5.41) is 0. The largest absolute Gasteiger partial charge is 0.399 e. The van der Waals surface area contributed by atoms with E-state index in [1.807, 2.05) is 6.92 Å². The Morgan fingerprint density at radius 2 is 1.33 bits per heavy atom. The van der Waals surface area contributed by atoms with Crippen molar-refractivity contribution in [2.24, 2.45) is 0 Å². The maximum atomic E-state index is 11.1. The zero-order valence-electron chi connectivity index (χ0n) is 9.70. The van der Waals surface area contributed by atoms with Crippen LogP contribution in [0.25, 0.3) is 0 Å². The van der Waals surface area contributed by atoms with Gasteiger partial charge in [0.05, 0.1) is 13.2 Å². The fraction of sp³-hybridized carbons (Fsp3) is 1.00. The lowest BCUT2D eigenvalue weighted by Crippen LogP contribution is -2.11. The molecule has 0 amide bonds. The highest BCUT2D eigenvalue weighted by molar-refractivity contribution is 7.81. The van der Waals surface area contributed by atoms with Gasteiger partial charge in [0.25, 0.3) is 0 Å². The predicted octanol–water partition coefficient (Wildman–Crippen LogP) is 2.64. The SMILES string of the molecule is CCCCCCOS(=O)(=O)OCCCC. The Balaban J connectivity index is 3.47. The summed E-state index contributed by atoms with van der Waals surface area (Å²) in [6, 6.07) is 0. The summed E-state index contributed by atoms with van der Waals surface area (Å²) in [4.78, 5) is 0. The Morgan fingerprint density at radius 3 is 1.87 bits per heavy atom. The Hall–Kier alpha value is -0.130. The molecule has 0 saturated carbocycles. The van der Waals surface area contributed by atoms with Gasteiger partial charge in [0.2, 0.25) is 0 Å². The highest BCUT2D eigenvalue weighted by Gasteiger charge is 2.10. The minimum Gasteiger partial charge on any atom is -0.248 e. The van der Waals surface area contributed by atoms with Gasteiger partial charge in [-0.3, -0.25) is 0 Å². The van der Waals surface area contributed by atoms with Gasteiger partial charge in [-0.05, 0) is 12.8 Å². The first-order chi connectivity index (χ1) is 7.12. The molecule has 0 aromatic heterocycles. The van der Waals surface area contributed by atoms with E-state index >= 15 is 0 Å². The molecular weight excluding hydrogens is 216 g/mol. The van der Waals surface area contributed by atoms with Gasteiger partial charge in [-0.1, -0.05) is 39.5 Å². The molecule has 0 spiro atoms. The molecule has 0 aromatic rings. The lowest BCUT2D eigenvalue weighted by Gasteiger charge is -2.05. The third-order valence-electron chi connectivity index (χ3n) is 1.95. The van der Waals surface area contributed by atoms with Crippen molar-refractivity contribution in [3.63, 3.8) is 0 Å². The molecular formula is C10H22O4S. The number of unbranched alkanes of at least 4 members (excludes halogenated alkanes) is 4. The molecule has 0 aromatic carbocycles. The first-order valence-corrected chi connectivity index (χ1v) is 6.99. The third-order valence-corrected chi connectivity index (χ3v) is 2.86. The van der Waals surface area contributed by atoms with E-state index in [1.54, 1.807) is 0 Å². The smallest absolute Gasteiger partial charge is 0.248 e. The summed E-state index contributed by atoms with van der Waals surface area (Å²) in [6.45, 7) is 4.52. The Kier molecular flexibility index (Phi) is 9.04. The lowest BCUT2D eigenvalue weighted by atomic mass is 10.2. The molecule has 5 heteroatoms. The van der Waals surface area contributed by atoms with E-state index in [2.05, 4.69) is 15.3 Å². The van der Waals surface area contributed by atoms with E-state index in [9.17, 15) is 8.42 Å². The van der Waals surface area contributed by atoms with Crippen LogP contribution >= 0.6 is 0 Å².